The van der Waals surface area contributed by atoms with Crippen LogP contribution in [-0.4, -0.2) is 64.2 Å². The SMILES string of the molecule is O=C(Cc1c(F)cc(F)cc1F)N1CCc2c(c(C(=O)N3CCOCC3)nn2Cc2ccccc2)C1. The van der Waals surface area contributed by atoms with Crippen molar-refractivity contribution in [2.75, 3.05) is 32.8 Å². The van der Waals surface area contributed by atoms with Gasteiger partial charge in [-0.3, -0.25) is 14.3 Å². The van der Waals surface area contributed by atoms with E-state index in [-0.39, 0.29) is 18.1 Å². The second-order valence-electron chi connectivity index (χ2n) is 8.91. The zero-order valence-corrected chi connectivity index (χ0v) is 19.6. The smallest absolute Gasteiger partial charge is 0.274 e. The number of carbonyl (C=O) groups excluding carboxylic acids is 2. The molecule has 0 spiro atoms. The van der Waals surface area contributed by atoms with Crippen molar-refractivity contribution in [2.24, 2.45) is 0 Å². The summed E-state index contributed by atoms with van der Waals surface area (Å²) in [6.45, 7) is 2.66. The number of benzene rings is 2. The standard InChI is InChI=1S/C26H25F3N4O3/c27-18-12-21(28)19(22(29)13-18)14-24(34)32-7-6-23-20(16-32)25(26(35)31-8-10-36-11-9-31)30-33(23)15-17-4-2-1-3-5-17/h1-5,12-13H,6-11,14-16H2. The van der Waals surface area contributed by atoms with E-state index >= 15 is 0 Å². The molecular formula is C26H25F3N4O3. The summed E-state index contributed by atoms with van der Waals surface area (Å²) in [5, 5.41) is 4.66. The monoisotopic (exact) mass is 498 g/mol. The molecule has 2 amide bonds. The van der Waals surface area contributed by atoms with Gasteiger partial charge >= 0.3 is 0 Å². The molecule has 0 radical (unpaired) electrons. The van der Waals surface area contributed by atoms with Gasteiger partial charge in [0.25, 0.3) is 5.91 Å². The summed E-state index contributed by atoms with van der Waals surface area (Å²) >= 11 is 0. The summed E-state index contributed by atoms with van der Waals surface area (Å²) in [6, 6.07) is 10.9. The van der Waals surface area contributed by atoms with Crippen LogP contribution >= 0.6 is 0 Å². The van der Waals surface area contributed by atoms with Gasteiger partial charge in [0.2, 0.25) is 5.91 Å². The largest absolute Gasteiger partial charge is 0.378 e. The number of nitrogens with zero attached hydrogens (tertiary/aromatic N) is 4. The molecule has 0 unspecified atom stereocenters. The van der Waals surface area contributed by atoms with Crippen LogP contribution in [0.5, 0.6) is 0 Å². The van der Waals surface area contributed by atoms with Crippen LogP contribution in [-0.2, 0) is 35.5 Å². The Kier molecular flexibility index (Phi) is 6.77. The number of ether oxygens (including phenoxy) is 1. The van der Waals surface area contributed by atoms with Gasteiger partial charge in [0.15, 0.2) is 5.69 Å². The number of amides is 2. The molecule has 2 aliphatic rings. The predicted molar refractivity (Wildman–Crippen MR) is 124 cm³/mol. The highest BCUT2D eigenvalue weighted by molar-refractivity contribution is 5.94. The number of hydrogen-bond acceptors (Lipinski definition) is 4. The highest BCUT2D eigenvalue weighted by Crippen LogP contribution is 2.26. The molecule has 3 aromatic rings. The Hall–Kier alpha value is -3.66. The Morgan fingerprint density at radius 2 is 1.64 bits per heavy atom. The summed E-state index contributed by atoms with van der Waals surface area (Å²) in [5.74, 6) is -3.98. The highest BCUT2D eigenvalue weighted by Gasteiger charge is 2.33. The van der Waals surface area contributed by atoms with E-state index in [0.29, 0.717) is 63.5 Å². The molecule has 188 valence electrons. The van der Waals surface area contributed by atoms with E-state index in [0.717, 1.165) is 11.3 Å². The van der Waals surface area contributed by atoms with Crippen molar-refractivity contribution in [1.82, 2.24) is 19.6 Å². The average Bonchev–Trinajstić information content (AvgIpc) is 3.24. The van der Waals surface area contributed by atoms with Crippen molar-refractivity contribution < 1.29 is 27.5 Å². The van der Waals surface area contributed by atoms with E-state index in [1.54, 1.807) is 9.58 Å². The molecule has 1 saturated heterocycles. The number of hydrogen-bond donors (Lipinski definition) is 0. The minimum atomic E-state index is -1.10. The predicted octanol–water partition coefficient (Wildman–Crippen LogP) is 2.95. The average molecular weight is 499 g/mol. The van der Waals surface area contributed by atoms with E-state index in [2.05, 4.69) is 5.10 Å². The van der Waals surface area contributed by atoms with Gasteiger partial charge in [-0.25, -0.2) is 13.2 Å². The highest BCUT2D eigenvalue weighted by atomic mass is 19.1. The lowest BCUT2D eigenvalue weighted by molar-refractivity contribution is -0.131. The number of fused-ring (bicyclic) bond motifs is 1. The van der Waals surface area contributed by atoms with E-state index in [9.17, 15) is 22.8 Å². The second-order valence-corrected chi connectivity index (χ2v) is 8.91. The summed E-state index contributed by atoms with van der Waals surface area (Å²) in [7, 11) is 0. The zero-order valence-electron chi connectivity index (χ0n) is 19.6. The summed E-state index contributed by atoms with van der Waals surface area (Å²) in [6.07, 6.45) is -0.107. The first-order chi connectivity index (χ1) is 17.4. The number of carbonyl (C=O) groups is 2. The first-order valence-corrected chi connectivity index (χ1v) is 11.8. The maximum atomic E-state index is 14.1. The fourth-order valence-corrected chi connectivity index (χ4v) is 4.68. The van der Waals surface area contributed by atoms with Gasteiger partial charge in [0.05, 0.1) is 26.2 Å². The first kappa shape index (κ1) is 24.1. The van der Waals surface area contributed by atoms with Crippen LogP contribution in [0.1, 0.15) is 32.9 Å². The fraction of sp³-hybridized carbons (Fsp3) is 0.346. The minimum Gasteiger partial charge on any atom is -0.378 e. The third-order valence-electron chi connectivity index (χ3n) is 6.60. The first-order valence-electron chi connectivity index (χ1n) is 11.8. The Bertz CT molecular complexity index is 1270. The molecule has 0 bridgehead atoms. The number of halogens is 3. The Morgan fingerprint density at radius 1 is 0.944 bits per heavy atom. The quantitative estimate of drug-likeness (QED) is 0.543. The molecule has 36 heavy (non-hydrogen) atoms. The Labute approximate surface area is 206 Å². The second kappa shape index (κ2) is 10.1. The van der Waals surface area contributed by atoms with E-state index in [1.165, 1.54) is 4.90 Å². The fourth-order valence-electron chi connectivity index (χ4n) is 4.68. The molecule has 7 nitrogen and oxygen atoms in total. The lowest BCUT2D eigenvalue weighted by atomic mass is 10.0. The molecule has 0 saturated carbocycles. The molecule has 0 N–H and O–H groups in total. The lowest BCUT2D eigenvalue weighted by Gasteiger charge is -2.29. The summed E-state index contributed by atoms with van der Waals surface area (Å²) in [5.41, 5.74) is 2.32. The van der Waals surface area contributed by atoms with Crippen LogP contribution in [0, 0.1) is 17.5 Å². The number of aromatic nitrogens is 2. The van der Waals surface area contributed by atoms with Gasteiger partial charge in [0.1, 0.15) is 17.5 Å². The van der Waals surface area contributed by atoms with E-state index in [4.69, 9.17) is 4.74 Å². The van der Waals surface area contributed by atoms with Crippen LogP contribution < -0.4 is 0 Å². The topological polar surface area (TPSA) is 67.7 Å². The van der Waals surface area contributed by atoms with Gasteiger partial charge in [-0.2, -0.15) is 5.10 Å². The van der Waals surface area contributed by atoms with Crippen molar-refractivity contribution in [2.45, 2.75) is 25.9 Å². The third kappa shape index (κ3) is 4.86. The van der Waals surface area contributed by atoms with Gasteiger partial charge in [-0.15, -0.1) is 0 Å². The van der Waals surface area contributed by atoms with Crippen LogP contribution in [0.25, 0.3) is 0 Å². The zero-order chi connectivity index (χ0) is 25.2. The van der Waals surface area contributed by atoms with Crippen LogP contribution in [0.15, 0.2) is 42.5 Å². The van der Waals surface area contributed by atoms with E-state index < -0.39 is 35.3 Å². The van der Waals surface area contributed by atoms with Crippen LogP contribution in [0.3, 0.4) is 0 Å². The molecule has 10 heteroatoms. The summed E-state index contributed by atoms with van der Waals surface area (Å²) < 4.78 is 48.7. The Morgan fingerprint density at radius 3 is 2.33 bits per heavy atom. The minimum absolute atomic E-state index is 0.0960. The van der Waals surface area contributed by atoms with Crippen molar-refractivity contribution >= 4 is 11.8 Å². The number of morpholine rings is 1. The van der Waals surface area contributed by atoms with Crippen LogP contribution in [0.4, 0.5) is 13.2 Å². The molecule has 0 aliphatic carbocycles. The molecular weight excluding hydrogens is 473 g/mol. The normalized spacial score (nSPS) is 15.6. The van der Waals surface area contributed by atoms with Gasteiger partial charge in [0, 0.05) is 61.6 Å². The Balaban J connectivity index is 1.43. The van der Waals surface area contributed by atoms with Crippen molar-refractivity contribution in [3.63, 3.8) is 0 Å². The maximum Gasteiger partial charge on any atom is 0.274 e. The summed E-state index contributed by atoms with van der Waals surface area (Å²) in [4.78, 5) is 29.5. The van der Waals surface area contributed by atoms with Gasteiger partial charge in [-0.1, -0.05) is 30.3 Å². The van der Waals surface area contributed by atoms with Crippen LogP contribution in [0.2, 0.25) is 0 Å². The molecule has 1 aromatic heterocycles. The third-order valence-corrected chi connectivity index (χ3v) is 6.60. The molecule has 0 atom stereocenters. The molecule has 5 rings (SSSR count). The number of rotatable bonds is 5. The van der Waals surface area contributed by atoms with Gasteiger partial charge < -0.3 is 14.5 Å². The van der Waals surface area contributed by atoms with E-state index in [1.807, 2.05) is 30.3 Å². The molecule has 2 aliphatic heterocycles. The lowest BCUT2D eigenvalue weighted by Crippen LogP contribution is -2.42. The van der Waals surface area contributed by atoms with Crippen molar-refractivity contribution in [1.29, 1.82) is 0 Å². The van der Waals surface area contributed by atoms with Crippen molar-refractivity contribution in [3.8, 4) is 0 Å². The molecule has 2 aromatic carbocycles. The van der Waals surface area contributed by atoms with Gasteiger partial charge in [-0.05, 0) is 5.56 Å². The molecule has 1 fully saturated rings. The maximum absolute atomic E-state index is 14.1. The van der Waals surface area contributed by atoms with Crippen molar-refractivity contribution in [3.05, 3.63) is 88.0 Å². The molecule has 3 heterocycles.